The Morgan fingerprint density at radius 1 is 1.36 bits per heavy atom. The van der Waals surface area contributed by atoms with Crippen molar-refractivity contribution in [2.75, 3.05) is 0 Å². The van der Waals surface area contributed by atoms with Gasteiger partial charge < -0.3 is 5.11 Å². The van der Waals surface area contributed by atoms with Crippen LogP contribution in [-0.4, -0.2) is 11.1 Å². The highest BCUT2D eigenvalue weighted by atomic mass is 16.4. The molecule has 0 spiro atoms. The molecule has 0 aromatic heterocycles. The predicted molar refractivity (Wildman–Crippen MR) is 41.0 cm³/mol. The van der Waals surface area contributed by atoms with Crippen molar-refractivity contribution < 1.29 is 9.90 Å². The van der Waals surface area contributed by atoms with Gasteiger partial charge in [-0.05, 0) is 18.3 Å². The van der Waals surface area contributed by atoms with Crippen LogP contribution in [0.25, 0.3) is 0 Å². The monoisotopic (exact) mass is 150 g/mol. The molecule has 0 saturated heterocycles. The molecule has 1 fully saturated rings. The average molecular weight is 150 g/mol. The molecule has 2 aliphatic carbocycles. The molecule has 0 heterocycles. The highest BCUT2D eigenvalue weighted by Crippen LogP contribution is 2.43. The van der Waals surface area contributed by atoms with Gasteiger partial charge in [0.05, 0.1) is 5.92 Å². The smallest absolute Gasteiger partial charge is 0.307 e. The lowest BCUT2D eigenvalue weighted by Gasteiger charge is -2.40. The van der Waals surface area contributed by atoms with E-state index in [2.05, 4.69) is 6.08 Å². The molecule has 2 rings (SSSR count). The minimum Gasteiger partial charge on any atom is -0.481 e. The Labute approximate surface area is 65.2 Å². The van der Waals surface area contributed by atoms with Gasteiger partial charge in [-0.2, -0.15) is 0 Å². The fraction of sp³-hybridized carbons (Fsp3) is 0.444. The third kappa shape index (κ3) is 0.897. The third-order valence-electron chi connectivity index (χ3n) is 2.61. The van der Waals surface area contributed by atoms with Crippen LogP contribution >= 0.6 is 0 Å². The summed E-state index contributed by atoms with van der Waals surface area (Å²) in [5, 5.41) is 8.71. The van der Waals surface area contributed by atoms with Crippen LogP contribution in [0.4, 0.5) is 0 Å². The number of hydrogen-bond acceptors (Lipinski definition) is 1. The molecule has 1 saturated carbocycles. The summed E-state index contributed by atoms with van der Waals surface area (Å²) in [6.07, 6.45) is 8.87. The lowest BCUT2D eigenvalue weighted by molar-refractivity contribution is -0.148. The van der Waals surface area contributed by atoms with Gasteiger partial charge in [-0.3, -0.25) is 4.79 Å². The molecule has 0 bridgehead atoms. The number of fused-ring (bicyclic) bond motifs is 1. The summed E-state index contributed by atoms with van der Waals surface area (Å²) in [6, 6.07) is 0. The van der Waals surface area contributed by atoms with Crippen LogP contribution in [0.2, 0.25) is 0 Å². The van der Waals surface area contributed by atoms with Crippen LogP contribution in [0.5, 0.6) is 0 Å². The quantitative estimate of drug-likeness (QED) is 0.614. The minimum atomic E-state index is -0.647. The van der Waals surface area contributed by atoms with E-state index in [0.29, 0.717) is 5.92 Å². The van der Waals surface area contributed by atoms with Crippen LogP contribution in [0, 0.1) is 17.8 Å². The van der Waals surface area contributed by atoms with Gasteiger partial charge in [-0.25, -0.2) is 0 Å². The predicted octanol–water partition coefficient (Wildman–Crippen LogP) is 1.45. The normalized spacial score (nSPS) is 39.5. The zero-order valence-corrected chi connectivity index (χ0v) is 6.10. The third-order valence-corrected chi connectivity index (χ3v) is 2.61. The molecular formula is C9H10O2. The summed E-state index contributed by atoms with van der Waals surface area (Å²) < 4.78 is 0. The van der Waals surface area contributed by atoms with E-state index >= 15 is 0 Å². The van der Waals surface area contributed by atoms with Gasteiger partial charge in [0.15, 0.2) is 0 Å². The minimum absolute atomic E-state index is 0.124. The van der Waals surface area contributed by atoms with Crippen LogP contribution in [-0.2, 0) is 4.79 Å². The number of hydrogen-bond donors (Lipinski definition) is 1. The molecule has 58 valence electrons. The zero-order chi connectivity index (χ0) is 7.84. The van der Waals surface area contributed by atoms with Gasteiger partial charge >= 0.3 is 5.97 Å². The van der Waals surface area contributed by atoms with Crippen molar-refractivity contribution in [1.29, 1.82) is 0 Å². The number of carbonyl (C=O) groups is 1. The first-order valence-electron chi connectivity index (χ1n) is 3.87. The van der Waals surface area contributed by atoms with Crippen molar-refractivity contribution in [3.05, 3.63) is 24.3 Å². The van der Waals surface area contributed by atoms with Crippen LogP contribution in [0.15, 0.2) is 24.3 Å². The van der Waals surface area contributed by atoms with Crippen molar-refractivity contribution >= 4 is 5.97 Å². The van der Waals surface area contributed by atoms with Crippen LogP contribution in [0.1, 0.15) is 6.42 Å². The van der Waals surface area contributed by atoms with Crippen LogP contribution in [0.3, 0.4) is 0 Å². The number of carboxylic acids is 1. The lowest BCUT2D eigenvalue weighted by atomic mass is 9.63. The second kappa shape index (κ2) is 2.22. The molecule has 0 aliphatic heterocycles. The standard InChI is InChI=1S/C9H10O2/c10-9(11)8-5-6-3-1-2-4-7(6)8/h1-4,6-8H,5H2,(H,10,11). The van der Waals surface area contributed by atoms with Gasteiger partial charge in [0.2, 0.25) is 0 Å². The fourth-order valence-corrected chi connectivity index (χ4v) is 1.86. The Bertz CT molecular complexity index is 240. The van der Waals surface area contributed by atoms with E-state index < -0.39 is 5.97 Å². The van der Waals surface area contributed by atoms with E-state index in [1.165, 1.54) is 0 Å². The summed E-state index contributed by atoms with van der Waals surface area (Å²) in [6.45, 7) is 0. The maximum atomic E-state index is 10.6. The molecule has 2 aliphatic rings. The van der Waals surface area contributed by atoms with Gasteiger partial charge in [0, 0.05) is 0 Å². The average Bonchev–Trinajstić information content (AvgIpc) is 1.90. The molecule has 11 heavy (non-hydrogen) atoms. The maximum absolute atomic E-state index is 10.6. The van der Waals surface area contributed by atoms with Crippen molar-refractivity contribution in [3.63, 3.8) is 0 Å². The zero-order valence-electron chi connectivity index (χ0n) is 6.10. The molecular weight excluding hydrogens is 140 g/mol. The second-order valence-electron chi connectivity index (χ2n) is 3.19. The van der Waals surface area contributed by atoms with Crippen molar-refractivity contribution in [2.45, 2.75) is 6.42 Å². The topological polar surface area (TPSA) is 37.3 Å². The molecule has 0 amide bonds. The van der Waals surface area contributed by atoms with E-state index in [1.54, 1.807) is 0 Å². The first-order chi connectivity index (χ1) is 5.29. The van der Waals surface area contributed by atoms with Crippen LogP contribution < -0.4 is 0 Å². The van der Waals surface area contributed by atoms with E-state index in [0.717, 1.165) is 6.42 Å². The molecule has 0 aromatic rings. The summed E-state index contributed by atoms with van der Waals surface area (Å²) in [4.78, 5) is 10.6. The Hall–Kier alpha value is -1.05. The highest BCUT2D eigenvalue weighted by molar-refractivity contribution is 5.72. The Balaban J connectivity index is 2.09. The number of allylic oxidation sites excluding steroid dienone is 4. The largest absolute Gasteiger partial charge is 0.481 e. The number of carboxylic acid groups (broad SMARTS) is 1. The molecule has 0 aromatic carbocycles. The lowest BCUT2D eigenvalue weighted by Crippen LogP contribution is -2.40. The molecule has 2 nitrogen and oxygen atoms in total. The molecule has 3 atom stereocenters. The SMILES string of the molecule is O=C(O)C1CC2C=CC=CC21. The Morgan fingerprint density at radius 3 is 2.73 bits per heavy atom. The first kappa shape index (κ1) is 6.65. The van der Waals surface area contributed by atoms with Gasteiger partial charge in [-0.1, -0.05) is 24.3 Å². The van der Waals surface area contributed by atoms with Crippen molar-refractivity contribution in [2.24, 2.45) is 17.8 Å². The van der Waals surface area contributed by atoms with Gasteiger partial charge in [0.1, 0.15) is 0 Å². The van der Waals surface area contributed by atoms with Crippen molar-refractivity contribution in [1.82, 2.24) is 0 Å². The summed E-state index contributed by atoms with van der Waals surface area (Å²) >= 11 is 0. The Morgan fingerprint density at radius 2 is 2.09 bits per heavy atom. The molecule has 3 unspecified atom stereocenters. The fourth-order valence-electron chi connectivity index (χ4n) is 1.86. The van der Waals surface area contributed by atoms with Gasteiger partial charge in [0.25, 0.3) is 0 Å². The maximum Gasteiger partial charge on any atom is 0.307 e. The summed E-state index contributed by atoms with van der Waals surface area (Å²) in [7, 11) is 0. The number of aliphatic carboxylic acids is 1. The van der Waals surface area contributed by atoms with Gasteiger partial charge in [-0.15, -0.1) is 0 Å². The van der Waals surface area contributed by atoms with E-state index in [1.807, 2.05) is 18.2 Å². The van der Waals surface area contributed by atoms with E-state index in [4.69, 9.17) is 5.11 Å². The molecule has 2 heteroatoms. The summed E-state index contributed by atoms with van der Waals surface area (Å²) in [5.41, 5.74) is 0. The molecule has 0 radical (unpaired) electrons. The number of rotatable bonds is 1. The van der Waals surface area contributed by atoms with E-state index in [9.17, 15) is 4.79 Å². The second-order valence-corrected chi connectivity index (χ2v) is 3.19. The first-order valence-corrected chi connectivity index (χ1v) is 3.87. The molecule has 1 N–H and O–H groups in total. The highest BCUT2D eigenvalue weighted by Gasteiger charge is 2.42. The summed E-state index contributed by atoms with van der Waals surface area (Å²) in [5.74, 6) is 0.00556. The van der Waals surface area contributed by atoms with E-state index in [-0.39, 0.29) is 11.8 Å². The van der Waals surface area contributed by atoms with Crippen molar-refractivity contribution in [3.8, 4) is 0 Å². The Kier molecular flexibility index (Phi) is 1.34.